The predicted octanol–water partition coefficient (Wildman–Crippen LogP) is 1.59. The van der Waals surface area contributed by atoms with Crippen molar-refractivity contribution in [2.24, 2.45) is 10.9 Å². The Morgan fingerprint density at radius 1 is 1.61 bits per heavy atom. The van der Waals surface area contributed by atoms with Crippen molar-refractivity contribution in [2.45, 2.75) is 32.4 Å². The van der Waals surface area contributed by atoms with Gasteiger partial charge < -0.3 is 25.4 Å². The molecule has 1 rings (SSSR count). The van der Waals surface area contributed by atoms with Gasteiger partial charge in [0.2, 0.25) is 0 Å². The fraction of sp³-hybridized carbons (Fsp3) is 0.455. The van der Waals surface area contributed by atoms with E-state index in [-0.39, 0.29) is 5.84 Å². The average Bonchev–Trinajstić information content (AvgIpc) is 2.75. The zero-order chi connectivity index (χ0) is 13.8. The molecule has 4 N–H and O–H groups in total. The van der Waals surface area contributed by atoms with Crippen LogP contribution in [0.1, 0.15) is 32.6 Å². The second-order valence-corrected chi connectivity index (χ2v) is 4.62. The van der Waals surface area contributed by atoms with E-state index in [4.69, 9.17) is 20.1 Å². The molecular formula is C11H17N3O4. The van der Waals surface area contributed by atoms with Crippen LogP contribution < -0.4 is 11.1 Å². The van der Waals surface area contributed by atoms with Crippen LogP contribution in [0.5, 0.6) is 0 Å². The van der Waals surface area contributed by atoms with Crippen molar-refractivity contribution in [1.82, 2.24) is 5.32 Å². The van der Waals surface area contributed by atoms with E-state index in [1.807, 2.05) is 0 Å². The highest BCUT2D eigenvalue weighted by atomic mass is 16.6. The minimum absolute atomic E-state index is 0.198. The highest BCUT2D eigenvalue weighted by Gasteiger charge is 2.25. The lowest BCUT2D eigenvalue weighted by Gasteiger charge is -2.22. The number of nitrogens with two attached hydrogens (primary N) is 1. The zero-order valence-electron chi connectivity index (χ0n) is 10.5. The van der Waals surface area contributed by atoms with Crippen molar-refractivity contribution in [1.29, 1.82) is 0 Å². The lowest BCUT2D eigenvalue weighted by Crippen LogP contribution is -2.40. The number of nitrogens with zero attached hydrogens (tertiary/aromatic N) is 1. The van der Waals surface area contributed by atoms with Crippen LogP contribution in [0.25, 0.3) is 0 Å². The summed E-state index contributed by atoms with van der Waals surface area (Å²) in [5.74, 6) is 0.145. The summed E-state index contributed by atoms with van der Waals surface area (Å²) >= 11 is 0. The Morgan fingerprint density at radius 2 is 2.28 bits per heavy atom. The van der Waals surface area contributed by atoms with Crippen molar-refractivity contribution in [3.05, 3.63) is 24.2 Å². The molecule has 0 aliphatic carbocycles. The van der Waals surface area contributed by atoms with Gasteiger partial charge >= 0.3 is 6.09 Å². The van der Waals surface area contributed by atoms with E-state index >= 15 is 0 Å². The highest BCUT2D eigenvalue weighted by molar-refractivity contribution is 5.89. The topological polar surface area (TPSA) is 110 Å². The Hall–Kier alpha value is -2.18. The zero-order valence-corrected chi connectivity index (χ0v) is 10.5. The SMILES string of the molecule is CC(C)(C)OC(=O)N[C@@H](C(N)=NO)c1ccco1. The van der Waals surface area contributed by atoms with Gasteiger partial charge in [-0.05, 0) is 32.9 Å². The van der Waals surface area contributed by atoms with Crippen LogP contribution in [0, 0.1) is 0 Å². The van der Waals surface area contributed by atoms with E-state index < -0.39 is 17.7 Å². The number of carbonyl (C=O) groups is 1. The van der Waals surface area contributed by atoms with Gasteiger partial charge in [-0.1, -0.05) is 5.16 Å². The largest absolute Gasteiger partial charge is 0.467 e. The molecule has 1 amide bonds. The first-order valence-electron chi connectivity index (χ1n) is 5.34. The molecule has 0 spiro atoms. The van der Waals surface area contributed by atoms with E-state index in [0.717, 1.165) is 0 Å². The second-order valence-electron chi connectivity index (χ2n) is 4.62. The van der Waals surface area contributed by atoms with Crippen LogP contribution in [-0.2, 0) is 4.74 Å². The third kappa shape index (κ3) is 4.00. The highest BCUT2D eigenvalue weighted by Crippen LogP contribution is 2.15. The van der Waals surface area contributed by atoms with Gasteiger partial charge in [-0.2, -0.15) is 0 Å². The number of alkyl carbamates (subject to hydrolysis) is 1. The molecule has 0 fully saturated rings. The number of amides is 1. The first-order chi connectivity index (χ1) is 8.33. The summed E-state index contributed by atoms with van der Waals surface area (Å²) in [6, 6.07) is 2.35. The van der Waals surface area contributed by atoms with Crippen molar-refractivity contribution in [3.63, 3.8) is 0 Å². The molecule has 0 saturated heterocycles. The Labute approximate surface area is 105 Å². The molecule has 7 nitrogen and oxygen atoms in total. The molecular weight excluding hydrogens is 238 g/mol. The smallest absolute Gasteiger partial charge is 0.408 e. The van der Waals surface area contributed by atoms with E-state index in [9.17, 15) is 4.79 Å². The van der Waals surface area contributed by atoms with E-state index in [1.165, 1.54) is 6.26 Å². The Bertz CT molecular complexity index is 420. The second kappa shape index (κ2) is 5.44. The van der Waals surface area contributed by atoms with E-state index in [2.05, 4.69) is 10.5 Å². The number of hydrogen-bond donors (Lipinski definition) is 3. The van der Waals surface area contributed by atoms with Crippen LogP contribution in [-0.4, -0.2) is 22.7 Å². The summed E-state index contributed by atoms with van der Waals surface area (Å²) in [4.78, 5) is 11.6. The van der Waals surface area contributed by atoms with Crippen LogP contribution in [0.4, 0.5) is 4.79 Å². The van der Waals surface area contributed by atoms with Crippen LogP contribution in [0.3, 0.4) is 0 Å². The molecule has 1 heterocycles. The average molecular weight is 255 g/mol. The third-order valence-corrected chi connectivity index (χ3v) is 1.90. The molecule has 1 aromatic heterocycles. The lowest BCUT2D eigenvalue weighted by atomic mass is 10.2. The fourth-order valence-corrected chi connectivity index (χ4v) is 1.23. The molecule has 7 heteroatoms. The van der Waals surface area contributed by atoms with Gasteiger partial charge in [-0.25, -0.2) is 4.79 Å². The molecule has 0 aliphatic rings. The van der Waals surface area contributed by atoms with Gasteiger partial charge in [0.25, 0.3) is 0 Å². The molecule has 0 aromatic carbocycles. The van der Waals surface area contributed by atoms with Gasteiger partial charge in [-0.15, -0.1) is 0 Å². The van der Waals surface area contributed by atoms with Crippen LogP contribution in [0.15, 0.2) is 28.0 Å². The summed E-state index contributed by atoms with van der Waals surface area (Å²) < 4.78 is 10.2. The van der Waals surface area contributed by atoms with Gasteiger partial charge in [0.15, 0.2) is 11.9 Å². The van der Waals surface area contributed by atoms with Gasteiger partial charge in [-0.3, -0.25) is 0 Å². The lowest BCUT2D eigenvalue weighted by molar-refractivity contribution is 0.0512. The minimum Gasteiger partial charge on any atom is -0.467 e. The number of oxime groups is 1. The number of ether oxygens (including phenoxy) is 1. The first kappa shape index (κ1) is 13.9. The standard InChI is InChI=1S/C11H17N3O4/c1-11(2,3)18-10(15)13-8(9(12)14-16)7-5-4-6-17-7/h4-6,8,16H,1-3H3,(H2,12,14)(H,13,15)/t8-/m1/s1. The van der Waals surface area contributed by atoms with Crippen molar-refractivity contribution < 1.29 is 19.2 Å². The summed E-state index contributed by atoms with van der Waals surface area (Å²) in [7, 11) is 0. The molecule has 0 bridgehead atoms. The minimum atomic E-state index is -0.875. The number of carbonyl (C=O) groups excluding carboxylic acids is 1. The third-order valence-electron chi connectivity index (χ3n) is 1.90. The molecule has 0 radical (unpaired) electrons. The Kier molecular flexibility index (Phi) is 4.19. The number of rotatable bonds is 3. The summed E-state index contributed by atoms with van der Waals surface area (Å²) in [5.41, 5.74) is 4.85. The molecule has 0 unspecified atom stereocenters. The van der Waals surface area contributed by atoms with Gasteiger partial charge in [0.05, 0.1) is 6.26 Å². The molecule has 100 valence electrons. The normalized spacial score (nSPS) is 14.1. The van der Waals surface area contributed by atoms with E-state index in [1.54, 1.807) is 32.9 Å². The molecule has 1 aromatic rings. The van der Waals surface area contributed by atoms with Crippen molar-refractivity contribution >= 4 is 11.9 Å². The quantitative estimate of drug-likeness (QED) is 0.329. The Morgan fingerprint density at radius 3 is 2.72 bits per heavy atom. The molecule has 18 heavy (non-hydrogen) atoms. The Balaban J connectivity index is 2.78. The van der Waals surface area contributed by atoms with E-state index in [0.29, 0.717) is 5.76 Å². The van der Waals surface area contributed by atoms with Crippen molar-refractivity contribution in [2.75, 3.05) is 0 Å². The monoisotopic (exact) mass is 255 g/mol. The predicted molar refractivity (Wildman–Crippen MR) is 64.2 cm³/mol. The molecule has 1 atom stereocenters. The van der Waals surface area contributed by atoms with Gasteiger partial charge in [0, 0.05) is 0 Å². The van der Waals surface area contributed by atoms with Crippen LogP contribution >= 0.6 is 0 Å². The number of hydrogen-bond acceptors (Lipinski definition) is 5. The maximum Gasteiger partial charge on any atom is 0.408 e. The first-order valence-corrected chi connectivity index (χ1v) is 5.34. The number of furan rings is 1. The number of nitrogens with one attached hydrogen (secondary N) is 1. The van der Waals surface area contributed by atoms with Crippen molar-refractivity contribution in [3.8, 4) is 0 Å². The fourth-order valence-electron chi connectivity index (χ4n) is 1.23. The summed E-state index contributed by atoms with van der Waals surface area (Å²) in [5, 5.41) is 14.0. The number of amidine groups is 1. The van der Waals surface area contributed by atoms with Gasteiger partial charge in [0.1, 0.15) is 11.4 Å². The van der Waals surface area contributed by atoms with Crippen LogP contribution in [0.2, 0.25) is 0 Å². The summed E-state index contributed by atoms with van der Waals surface area (Å²) in [6.07, 6.45) is 0.736. The molecule has 0 saturated carbocycles. The maximum atomic E-state index is 11.6. The maximum absolute atomic E-state index is 11.6. The molecule has 0 aliphatic heterocycles. The summed E-state index contributed by atoms with van der Waals surface area (Å²) in [6.45, 7) is 5.20.